The number of benzene rings is 1. The van der Waals surface area contributed by atoms with Crippen LogP contribution < -0.4 is 9.47 Å². The second-order valence-electron chi connectivity index (χ2n) is 6.48. The third-order valence-electron chi connectivity index (χ3n) is 5.24. The van der Waals surface area contributed by atoms with Crippen LogP contribution in [0.25, 0.3) is 0 Å². The second-order valence-corrected chi connectivity index (χ2v) is 6.48. The Balaban J connectivity index is 1.99. The average Bonchev–Trinajstić information content (AvgIpc) is 2.59. The van der Waals surface area contributed by atoms with Gasteiger partial charge in [-0.25, -0.2) is 0 Å². The smallest absolute Gasteiger partial charge is 0.307 e. The Morgan fingerprint density at radius 3 is 2.58 bits per heavy atom. The molecule has 1 unspecified atom stereocenters. The van der Waals surface area contributed by atoms with Gasteiger partial charge in [0.15, 0.2) is 11.5 Å². The Morgan fingerprint density at radius 2 is 1.96 bits per heavy atom. The van der Waals surface area contributed by atoms with Gasteiger partial charge < -0.3 is 14.6 Å². The van der Waals surface area contributed by atoms with E-state index in [2.05, 4.69) is 24.0 Å². The van der Waals surface area contributed by atoms with Crippen molar-refractivity contribution in [2.45, 2.75) is 38.6 Å². The van der Waals surface area contributed by atoms with Crippen LogP contribution in [0.1, 0.15) is 43.4 Å². The lowest BCUT2D eigenvalue weighted by molar-refractivity contribution is -0.136. The van der Waals surface area contributed by atoms with Gasteiger partial charge in [0.2, 0.25) is 0 Å². The van der Waals surface area contributed by atoms with Crippen LogP contribution in [0, 0.1) is 0 Å². The molecule has 1 atom stereocenters. The number of methoxy groups -OCH3 is 2. The predicted molar refractivity (Wildman–Crippen MR) is 91.8 cm³/mol. The van der Waals surface area contributed by atoms with Crippen molar-refractivity contribution in [3.05, 3.63) is 34.4 Å². The monoisotopic (exact) mass is 331 g/mol. The van der Waals surface area contributed by atoms with E-state index in [1.54, 1.807) is 14.2 Å². The van der Waals surface area contributed by atoms with Gasteiger partial charge >= 0.3 is 5.97 Å². The summed E-state index contributed by atoms with van der Waals surface area (Å²) in [5.41, 5.74) is 4.91. The van der Waals surface area contributed by atoms with Crippen LogP contribution in [-0.4, -0.2) is 43.3 Å². The molecule has 0 bridgehead atoms. The summed E-state index contributed by atoms with van der Waals surface area (Å²) in [7, 11) is 3.30. The van der Waals surface area contributed by atoms with Crippen LogP contribution in [0.4, 0.5) is 0 Å². The number of hydrogen-bond donors (Lipinski definition) is 1. The van der Waals surface area contributed by atoms with Gasteiger partial charge in [0, 0.05) is 19.1 Å². The lowest BCUT2D eigenvalue weighted by Crippen LogP contribution is -2.40. The summed E-state index contributed by atoms with van der Waals surface area (Å²) in [4.78, 5) is 13.7. The summed E-state index contributed by atoms with van der Waals surface area (Å²) < 4.78 is 10.9. The highest BCUT2D eigenvalue weighted by Gasteiger charge is 2.34. The molecule has 0 fully saturated rings. The van der Waals surface area contributed by atoms with E-state index in [9.17, 15) is 9.90 Å². The molecule has 2 heterocycles. The molecule has 1 aromatic carbocycles. The first-order chi connectivity index (χ1) is 11.6. The quantitative estimate of drug-likeness (QED) is 0.840. The van der Waals surface area contributed by atoms with Crippen molar-refractivity contribution in [3.63, 3.8) is 0 Å². The molecule has 0 saturated carbocycles. The Labute approximate surface area is 142 Å². The number of carboxylic acid groups (broad SMARTS) is 1. The van der Waals surface area contributed by atoms with Crippen molar-refractivity contribution < 1.29 is 19.4 Å². The Morgan fingerprint density at radius 1 is 1.25 bits per heavy atom. The van der Waals surface area contributed by atoms with Crippen molar-refractivity contribution >= 4 is 5.97 Å². The molecule has 0 aliphatic carbocycles. The van der Waals surface area contributed by atoms with Crippen molar-refractivity contribution in [1.29, 1.82) is 0 Å². The Bertz CT molecular complexity index is 680. The normalized spacial score (nSPS) is 20.4. The maximum atomic E-state index is 11.2. The summed E-state index contributed by atoms with van der Waals surface area (Å²) in [5, 5.41) is 9.24. The highest BCUT2D eigenvalue weighted by Crippen LogP contribution is 2.43. The first kappa shape index (κ1) is 16.8. The molecule has 0 radical (unpaired) electrons. The fourth-order valence-corrected chi connectivity index (χ4v) is 3.98. The molecular formula is C19H25NO4. The molecular weight excluding hydrogens is 306 g/mol. The lowest BCUT2D eigenvalue weighted by atomic mass is 9.82. The standard InChI is InChI=1S/C19H25NO4/c1-4-12-11-20-6-5-13-8-17(23-2)18(24-3)10-15(13)16(20)7-14(12)9-19(21)22/h8,10,16H,4-7,9,11H2,1-3H3,(H,21,22). The third kappa shape index (κ3) is 3.00. The number of carboxylic acids is 1. The van der Waals surface area contributed by atoms with E-state index < -0.39 is 5.97 Å². The van der Waals surface area contributed by atoms with Crippen LogP contribution in [0.2, 0.25) is 0 Å². The number of fused-ring (bicyclic) bond motifs is 3. The highest BCUT2D eigenvalue weighted by atomic mass is 16.5. The summed E-state index contributed by atoms with van der Waals surface area (Å²) in [6.45, 7) is 3.98. The summed E-state index contributed by atoms with van der Waals surface area (Å²) >= 11 is 0. The Kier molecular flexibility index (Phi) is 4.81. The first-order valence-corrected chi connectivity index (χ1v) is 8.47. The minimum atomic E-state index is -0.743. The lowest BCUT2D eigenvalue weighted by Gasteiger charge is -2.42. The molecule has 0 spiro atoms. The zero-order valence-electron chi connectivity index (χ0n) is 14.6. The van der Waals surface area contributed by atoms with Gasteiger partial charge in [-0.2, -0.15) is 0 Å². The van der Waals surface area contributed by atoms with Gasteiger partial charge in [-0.3, -0.25) is 9.69 Å². The minimum Gasteiger partial charge on any atom is -0.493 e. The molecule has 1 N–H and O–H groups in total. The van der Waals surface area contributed by atoms with Crippen molar-refractivity contribution in [2.24, 2.45) is 0 Å². The number of rotatable bonds is 5. The first-order valence-electron chi connectivity index (χ1n) is 8.47. The summed E-state index contributed by atoms with van der Waals surface area (Å²) in [6.07, 6.45) is 2.84. The molecule has 0 aromatic heterocycles. The van der Waals surface area contributed by atoms with E-state index in [0.29, 0.717) is 0 Å². The number of carbonyl (C=O) groups is 1. The van der Waals surface area contributed by atoms with E-state index in [-0.39, 0.29) is 12.5 Å². The van der Waals surface area contributed by atoms with Crippen molar-refractivity contribution in [3.8, 4) is 11.5 Å². The number of aliphatic carboxylic acids is 1. The van der Waals surface area contributed by atoms with Crippen LogP contribution in [0.3, 0.4) is 0 Å². The molecule has 130 valence electrons. The number of hydrogen-bond acceptors (Lipinski definition) is 4. The molecule has 1 aromatic rings. The van der Waals surface area contributed by atoms with E-state index >= 15 is 0 Å². The molecule has 5 nitrogen and oxygen atoms in total. The molecule has 24 heavy (non-hydrogen) atoms. The van der Waals surface area contributed by atoms with Crippen LogP contribution >= 0.6 is 0 Å². The highest BCUT2D eigenvalue weighted by molar-refractivity contribution is 5.70. The van der Waals surface area contributed by atoms with Crippen molar-refractivity contribution in [2.75, 3.05) is 27.3 Å². The van der Waals surface area contributed by atoms with E-state index in [4.69, 9.17) is 9.47 Å². The predicted octanol–water partition coefficient (Wildman–Crippen LogP) is 3.19. The van der Waals surface area contributed by atoms with E-state index in [1.807, 2.05) is 0 Å². The number of ether oxygens (including phenoxy) is 2. The van der Waals surface area contributed by atoms with Gasteiger partial charge in [0.05, 0.1) is 20.6 Å². The van der Waals surface area contributed by atoms with E-state index in [1.165, 1.54) is 16.7 Å². The zero-order valence-corrected chi connectivity index (χ0v) is 14.6. The van der Waals surface area contributed by atoms with Gasteiger partial charge in [-0.05, 0) is 42.5 Å². The topological polar surface area (TPSA) is 59.0 Å². The maximum absolute atomic E-state index is 11.2. The summed E-state index contributed by atoms with van der Waals surface area (Å²) in [6, 6.07) is 4.38. The fourth-order valence-electron chi connectivity index (χ4n) is 3.98. The van der Waals surface area contributed by atoms with E-state index in [0.717, 1.165) is 49.4 Å². The zero-order chi connectivity index (χ0) is 17.3. The summed E-state index contributed by atoms with van der Waals surface area (Å²) in [5.74, 6) is 0.756. The van der Waals surface area contributed by atoms with Gasteiger partial charge in [0.25, 0.3) is 0 Å². The molecule has 2 aliphatic rings. The largest absolute Gasteiger partial charge is 0.493 e. The van der Waals surface area contributed by atoms with Crippen LogP contribution in [0.5, 0.6) is 11.5 Å². The van der Waals surface area contributed by atoms with Crippen LogP contribution in [-0.2, 0) is 11.2 Å². The van der Waals surface area contributed by atoms with Crippen molar-refractivity contribution in [1.82, 2.24) is 4.90 Å². The third-order valence-corrected chi connectivity index (χ3v) is 5.24. The molecule has 5 heteroatoms. The average molecular weight is 331 g/mol. The molecule has 0 amide bonds. The molecule has 3 rings (SSSR count). The minimum absolute atomic E-state index is 0.149. The fraction of sp³-hybridized carbons (Fsp3) is 0.526. The van der Waals surface area contributed by atoms with Gasteiger partial charge in [-0.1, -0.05) is 18.1 Å². The molecule has 2 aliphatic heterocycles. The van der Waals surface area contributed by atoms with Crippen LogP contribution in [0.15, 0.2) is 23.3 Å². The second kappa shape index (κ2) is 6.85. The van der Waals surface area contributed by atoms with Gasteiger partial charge in [0.1, 0.15) is 0 Å². The van der Waals surface area contributed by atoms with Gasteiger partial charge in [-0.15, -0.1) is 0 Å². The molecule has 0 saturated heterocycles. The Hall–Kier alpha value is -2.01. The maximum Gasteiger partial charge on any atom is 0.307 e. The number of nitrogens with zero attached hydrogens (tertiary/aromatic N) is 1. The SMILES string of the molecule is CCC1=C(CC(=O)O)CC2c3cc(OC)c(OC)cc3CCN2C1.